The van der Waals surface area contributed by atoms with Crippen LogP contribution < -0.4 is 4.90 Å². The Balaban J connectivity index is 2.19. The Morgan fingerprint density at radius 2 is 1.62 bits per heavy atom. The molecule has 0 saturated heterocycles. The molecule has 0 radical (unpaired) electrons. The molecule has 2 aromatic rings. The Labute approximate surface area is 151 Å². The topological polar surface area (TPSA) is 57.7 Å². The van der Waals surface area contributed by atoms with Crippen LogP contribution in [0.1, 0.15) is 6.92 Å². The van der Waals surface area contributed by atoms with Gasteiger partial charge in [-0.2, -0.15) is 4.31 Å². The van der Waals surface area contributed by atoms with Gasteiger partial charge in [0.2, 0.25) is 15.9 Å². The summed E-state index contributed by atoms with van der Waals surface area (Å²) in [5.41, 5.74) is 0.722. The highest BCUT2D eigenvalue weighted by Crippen LogP contribution is 2.19. The molecule has 0 N–H and O–H groups in total. The van der Waals surface area contributed by atoms with Gasteiger partial charge in [0.1, 0.15) is 0 Å². The largest absolute Gasteiger partial charge is 0.314 e. The van der Waals surface area contributed by atoms with E-state index in [4.69, 9.17) is 0 Å². The van der Waals surface area contributed by atoms with E-state index in [0.717, 1.165) is 10.2 Å². The standard InChI is InChI=1S/C17H19BrN2O3S/c1-3-20(24(22,23)16-11-9-14(18)10-12-16)13-17(21)19(2)15-7-5-4-6-8-15/h4-12H,3,13H2,1-2H3. The smallest absolute Gasteiger partial charge is 0.243 e. The maximum absolute atomic E-state index is 12.7. The average molecular weight is 411 g/mol. The summed E-state index contributed by atoms with van der Waals surface area (Å²) in [5, 5.41) is 0. The van der Waals surface area contributed by atoms with Gasteiger partial charge in [0.05, 0.1) is 11.4 Å². The zero-order chi connectivity index (χ0) is 17.7. The lowest BCUT2D eigenvalue weighted by atomic mass is 10.3. The molecule has 1 amide bonds. The van der Waals surface area contributed by atoms with Crippen molar-refractivity contribution < 1.29 is 13.2 Å². The van der Waals surface area contributed by atoms with Gasteiger partial charge in [-0.1, -0.05) is 41.1 Å². The number of para-hydroxylation sites is 1. The van der Waals surface area contributed by atoms with E-state index in [9.17, 15) is 13.2 Å². The van der Waals surface area contributed by atoms with Crippen LogP contribution in [-0.2, 0) is 14.8 Å². The Bertz CT molecular complexity index is 792. The van der Waals surface area contributed by atoms with Gasteiger partial charge in [-0.25, -0.2) is 8.42 Å². The highest BCUT2D eigenvalue weighted by atomic mass is 79.9. The number of anilines is 1. The molecule has 0 spiro atoms. The molecule has 0 aliphatic rings. The molecular weight excluding hydrogens is 392 g/mol. The minimum Gasteiger partial charge on any atom is -0.314 e. The van der Waals surface area contributed by atoms with Crippen LogP contribution >= 0.6 is 15.9 Å². The third-order valence-corrected chi connectivity index (χ3v) is 6.10. The Hall–Kier alpha value is -1.70. The van der Waals surface area contributed by atoms with Crippen LogP contribution in [0.15, 0.2) is 64.0 Å². The molecule has 0 aliphatic heterocycles. The molecular formula is C17H19BrN2O3S. The number of carbonyl (C=O) groups excluding carboxylic acids is 1. The van der Waals surface area contributed by atoms with Crippen molar-refractivity contribution in [3.05, 3.63) is 59.1 Å². The first-order valence-electron chi connectivity index (χ1n) is 7.43. The monoisotopic (exact) mass is 410 g/mol. The number of rotatable bonds is 6. The van der Waals surface area contributed by atoms with Crippen molar-refractivity contribution in [1.82, 2.24) is 4.31 Å². The van der Waals surface area contributed by atoms with Gasteiger partial charge in [0, 0.05) is 23.8 Å². The molecule has 0 aliphatic carbocycles. The molecule has 2 aromatic carbocycles. The van der Waals surface area contributed by atoms with Crippen molar-refractivity contribution in [3.63, 3.8) is 0 Å². The molecule has 128 valence electrons. The van der Waals surface area contributed by atoms with E-state index in [-0.39, 0.29) is 23.9 Å². The van der Waals surface area contributed by atoms with Crippen LogP contribution in [0.4, 0.5) is 5.69 Å². The molecule has 0 aromatic heterocycles. The summed E-state index contributed by atoms with van der Waals surface area (Å²) in [6.07, 6.45) is 0. The predicted octanol–water partition coefficient (Wildman–Crippen LogP) is 3.12. The van der Waals surface area contributed by atoms with Gasteiger partial charge >= 0.3 is 0 Å². The van der Waals surface area contributed by atoms with E-state index < -0.39 is 10.0 Å². The van der Waals surface area contributed by atoms with Crippen LogP contribution in [-0.4, -0.2) is 38.8 Å². The normalized spacial score (nSPS) is 11.5. The minimum absolute atomic E-state index is 0.169. The van der Waals surface area contributed by atoms with Gasteiger partial charge in [-0.15, -0.1) is 0 Å². The van der Waals surface area contributed by atoms with Crippen molar-refractivity contribution in [3.8, 4) is 0 Å². The van der Waals surface area contributed by atoms with Gasteiger partial charge in [0.15, 0.2) is 0 Å². The van der Waals surface area contributed by atoms with Gasteiger partial charge < -0.3 is 4.90 Å². The van der Waals surface area contributed by atoms with Gasteiger partial charge in [-0.3, -0.25) is 4.79 Å². The second-order valence-electron chi connectivity index (χ2n) is 5.17. The van der Waals surface area contributed by atoms with Crippen molar-refractivity contribution in [2.75, 3.05) is 25.0 Å². The summed E-state index contributed by atoms with van der Waals surface area (Å²) in [5.74, 6) is -0.288. The van der Waals surface area contributed by atoms with E-state index in [2.05, 4.69) is 15.9 Å². The fraction of sp³-hybridized carbons (Fsp3) is 0.235. The number of amides is 1. The van der Waals surface area contributed by atoms with Crippen molar-refractivity contribution in [2.24, 2.45) is 0 Å². The molecule has 0 unspecified atom stereocenters. The third kappa shape index (κ3) is 4.23. The van der Waals surface area contributed by atoms with Gasteiger partial charge in [0.25, 0.3) is 0 Å². The molecule has 0 bridgehead atoms. The average Bonchev–Trinajstić information content (AvgIpc) is 2.59. The first kappa shape index (κ1) is 18.6. The SMILES string of the molecule is CCN(CC(=O)N(C)c1ccccc1)S(=O)(=O)c1ccc(Br)cc1. The van der Waals surface area contributed by atoms with Crippen molar-refractivity contribution >= 4 is 37.5 Å². The Kier molecular flexibility index (Phi) is 6.15. The Morgan fingerprint density at radius 3 is 2.17 bits per heavy atom. The summed E-state index contributed by atoms with van der Waals surface area (Å²) in [7, 11) is -2.08. The van der Waals surface area contributed by atoms with E-state index in [0.29, 0.717) is 0 Å². The zero-order valence-corrected chi connectivity index (χ0v) is 15.9. The second-order valence-corrected chi connectivity index (χ2v) is 8.03. The molecule has 2 rings (SSSR count). The summed E-state index contributed by atoms with van der Waals surface area (Å²) >= 11 is 3.28. The highest BCUT2D eigenvalue weighted by molar-refractivity contribution is 9.10. The first-order valence-corrected chi connectivity index (χ1v) is 9.67. The summed E-state index contributed by atoms with van der Waals surface area (Å²) < 4.78 is 27.4. The summed E-state index contributed by atoms with van der Waals surface area (Å²) in [6.45, 7) is 1.72. The number of hydrogen-bond donors (Lipinski definition) is 0. The lowest BCUT2D eigenvalue weighted by molar-refractivity contribution is -0.118. The molecule has 0 atom stereocenters. The molecule has 5 nitrogen and oxygen atoms in total. The number of nitrogens with zero attached hydrogens (tertiary/aromatic N) is 2. The van der Waals surface area contributed by atoms with E-state index >= 15 is 0 Å². The van der Waals surface area contributed by atoms with Crippen LogP contribution in [0.2, 0.25) is 0 Å². The van der Waals surface area contributed by atoms with E-state index in [1.807, 2.05) is 18.2 Å². The molecule has 24 heavy (non-hydrogen) atoms. The lowest BCUT2D eigenvalue weighted by Gasteiger charge is -2.24. The number of likely N-dealkylation sites (N-methyl/N-ethyl adjacent to an activating group) is 2. The summed E-state index contributed by atoms with van der Waals surface area (Å²) in [4.78, 5) is 14.1. The van der Waals surface area contributed by atoms with Crippen LogP contribution in [0.5, 0.6) is 0 Å². The maximum atomic E-state index is 12.7. The van der Waals surface area contributed by atoms with Crippen LogP contribution in [0.25, 0.3) is 0 Å². The lowest BCUT2D eigenvalue weighted by Crippen LogP contribution is -2.41. The Morgan fingerprint density at radius 1 is 1.04 bits per heavy atom. The maximum Gasteiger partial charge on any atom is 0.243 e. The number of sulfonamides is 1. The fourth-order valence-corrected chi connectivity index (χ4v) is 3.84. The second kappa shape index (κ2) is 7.92. The van der Waals surface area contributed by atoms with E-state index in [1.165, 1.54) is 21.3 Å². The zero-order valence-electron chi connectivity index (χ0n) is 13.5. The van der Waals surface area contributed by atoms with Crippen molar-refractivity contribution in [1.29, 1.82) is 0 Å². The number of halogens is 1. The molecule has 7 heteroatoms. The highest BCUT2D eigenvalue weighted by Gasteiger charge is 2.26. The van der Waals surface area contributed by atoms with Crippen LogP contribution in [0.3, 0.4) is 0 Å². The molecule has 0 fully saturated rings. The number of carbonyl (C=O) groups is 1. The molecule has 0 saturated carbocycles. The third-order valence-electron chi connectivity index (χ3n) is 3.63. The molecule has 0 heterocycles. The van der Waals surface area contributed by atoms with Crippen LogP contribution in [0, 0.1) is 0 Å². The fourth-order valence-electron chi connectivity index (χ4n) is 2.17. The number of benzene rings is 2. The first-order chi connectivity index (χ1) is 11.4. The predicted molar refractivity (Wildman–Crippen MR) is 98.4 cm³/mol. The number of hydrogen-bond acceptors (Lipinski definition) is 3. The van der Waals surface area contributed by atoms with E-state index in [1.54, 1.807) is 38.2 Å². The summed E-state index contributed by atoms with van der Waals surface area (Å²) in [6, 6.07) is 15.5. The minimum atomic E-state index is -3.71. The van der Waals surface area contributed by atoms with Gasteiger partial charge in [-0.05, 0) is 36.4 Å². The quantitative estimate of drug-likeness (QED) is 0.734. The van der Waals surface area contributed by atoms with Crippen molar-refractivity contribution in [2.45, 2.75) is 11.8 Å².